The van der Waals surface area contributed by atoms with Crippen LogP contribution in [-0.2, 0) is 13.0 Å². The van der Waals surface area contributed by atoms with E-state index in [1.165, 1.54) is 37.7 Å². The van der Waals surface area contributed by atoms with Crippen molar-refractivity contribution in [1.29, 1.82) is 0 Å². The zero-order valence-electron chi connectivity index (χ0n) is 11.1. The van der Waals surface area contributed by atoms with Gasteiger partial charge in [0.2, 0.25) is 0 Å². The van der Waals surface area contributed by atoms with Crippen molar-refractivity contribution in [2.75, 3.05) is 6.61 Å². The van der Waals surface area contributed by atoms with Gasteiger partial charge in [-0.1, -0.05) is 19.8 Å². The van der Waals surface area contributed by atoms with Crippen molar-refractivity contribution in [3.8, 4) is 0 Å². The highest BCUT2D eigenvalue weighted by Gasteiger charge is 2.02. The van der Waals surface area contributed by atoms with Crippen molar-refractivity contribution in [1.82, 2.24) is 0 Å². The monoisotopic (exact) mass is 236 g/mol. The molecule has 1 aromatic heterocycles. The molecule has 0 aliphatic carbocycles. The van der Waals surface area contributed by atoms with Gasteiger partial charge in [-0.25, -0.2) is 4.57 Å². The summed E-state index contributed by atoms with van der Waals surface area (Å²) in [4.78, 5) is 0. The molecule has 0 unspecified atom stereocenters. The van der Waals surface area contributed by atoms with Crippen molar-refractivity contribution in [2.45, 2.75) is 58.4 Å². The molecule has 2 nitrogen and oxygen atoms in total. The van der Waals surface area contributed by atoms with Gasteiger partial charge in [0, 0.05) is 24.7 Å². The van der Waals surface area contributed by atoms with Crippen LogP contribution in [0, 0.1) is 0 Å². The van der Waals surface area contributed by atoms with Crippen LogP contribution in [0.3, 0.4) is 0 Å². The quantitative estimate of drug-likeness (QED) is 0.517. The number of hydrogen-bond donors (Lipinski definition) is 1. The molecule has 0 atom stereocenters. The highest BCUT2D eigenvalue weighted by molar-refractivity contribution is 5.05. The zero-order valence-corrected chi connectivity index (χ0v) is 11.1. The molecule has 0 amide bonds. The molecule has 0 saturated heterocycles. The van der Waals surface area contributed by atoms with E-state index in [0.717, 1.165) is 19.4 Å². The lowest BCUT2D eigenvalue weighted by atomic mass is 10.1. The zero-order chi connectivity index (χ0) is 12.3. The van der Waals surface area contributed by atoms with E-state index in [0.29, 0.717) is 6.61 Å². The van der Waals surface area contributed by atoms with Gasteiger partial charge in [0.25, 0.3) is 0 Å². The molecule has 96 valence electrons. The number of unbranched alkanes of at least 4 members (excludes halogenated alkanes) is 4. The fraction of sp³-hybridized carbons (Fsp3) is 0.667. The molecule has 0 bridgehead atoms. The number of hydrogen-bond acceptors (Lipinski definition) is 1. The average Bonchev–Trinajstić information content (AvgIpc) is 2.37. The van der Waals surface area contributed by atoms with Gasteiger partial charge in [-0.2, -0.15) is 0 Å². The first kappa shape index (κ1) is 14.2. The van der Waals surface area contributed by atoms with Gasteiger partial charge in [0.15, 0.2) is 12.4 Å². The summed E-state index contributed by atoms with van der Waals surface area (Å²) in [5, 5.41) is 8.70. The summed E-state index contributed by atoms with van der Waals surface area (Å²) >= 11 is 0. The summed E-state index contributed by atoms with van der Waals surface area (Å²) in [6.45, 7) is 3.67. The van der Waals surface area contributed by atoms with E-state index in [-0.39, 0.29) is 0 Å². The van der Waals surface area contributed by atoms with Gasteiger partial charge < -0.3 is 5.11 Å². The second-order valence-electron chi connectivity index (χ2n) is 4.69. The number of rotatable bonds is 9. The summed E-state index contributed by atoms with van der Waals surface area (Å²) in [5.41, 5.74) is 1.45. The van der Waals surface area contributed by atoms with Gasteiger partial charge in [0.05, 0.1) is 0 Å². The minimum atomic E-state index is 0.333. The minimum Gasteiger partial charge on any atom is -0.396 e. The van der Waals surface area contributed by atoms with Gasteiger partial charge >= 0.3 is 0 Å². The smallest absolute Gasteiger partial charge is 0.171 e. The average molecular weight is 236 g/mol. The minimum absolute atomic E-state index is 0.333. The Kier molecular flexibility index (Phi) is 7.65. The molecule has 2 heteroatoms. The third-order valence-electron chi connectivity index (χ3n) is 3.06. The fourth-order valence-corrected chi connectivity index (χ4v) is 2.00. The molecular weight excluding hydrogens is 210 g/mol. The molecule has 1 rings (SSSR count). The predicted molar refractivity (Wildman–Crippen MR) is 70.8 cm³/mol. The van der Waals surface area contributed by atoms with E-state index in [4.69, 9.17) is 5.11 Å². The number of aryl methyl sites for hydroxylation is 2. The van der Waals surface area contributed by atoms with Gasteiger partial charge in [-0.3, -0.25) is 0 Å². The Morgan fingerprint density at radius 3 is 2.71 bits per heavy atom. The van der Waals surface area contributed by atoms with E-state index in [1.807, 2.05) is 0 Å². The third-order valence-corrected chi connectivity index (χ3v) is 3.06. The van der Waals surface area contributed by atoms with E-state index in [1.54, 1.807) is 0 Å². The Balaban J connectivity index is 2.27. The van der Waals surface area contributed by atoms with E-state index < -0.39 is 0 Å². The largest absolute Gasteiger partial charge is 0.396 e. The molecule has 0 aromatic carbocycles. The fourth-order valence-electron chi connectivity index (χ4n) is 2.00. The maximum atomic E-state index is 8.70. The topological polar surface area (TPSA) is 24.1 Å². The molecular formula is C15H26NO+. The molecule has 1 N–H and O–H groups in total. The maximum Gasteiger partial charge on any atom is 0.171 e. The first-order valence-corrected chi connectivity index (χ1v) is 6.95. The molecule has 1 heterocycles. The van der Waals surface area contributed by atoms with Crippen LogP contribution in [0.15, 0.2) is 24.5 Å². The van der Waals surface area contributed by atoms with E-state index >= 15 is 0 Å². The molecule has 0 aliphatic rings. The third kappa shape index (κ3) is 6.42. The van der Waals surface area contributed by atoms with Crippen LogP contribution in [0.5, 0.6) is 0 Å². The summed E-state index contributed by atoms with van der Waals surface area (Å²) in [7, 11) is 0. The van der Waals surface area contributed by atoms with Crippen molar-refractivity contribution in [3.05, 3.63) is 30.1 Å². The normalized spacial score (nSPS) is 10.7. The number of aliphatic hydroxyl groups excluding tert-OH is 1. The second-order valence-corrected chi connectivity index (χ2v) is 4.69. The lowest BCUT2D eigenvalue weighted by molar-refractivity contribution is -0.697. The molecule has 0 radical (unpaired) electrons. The lowest BCUT2D eigenvalue weighted by Gasteiger charge is -2.01. The van der Waals surface area contributed by atoms with Crippen LogP contribution in [0.4, 0.5) is 0 Å². The highest BCUT2D eigenvalue weighted by atomic mass is 16.2. The van der Waals surface area contributed by atoms with Crippen LogP contribution in [0.1, 0.15) is 51.0 Å². The van der Waals surface area contributed by atoms with Crippen molar-refractivity contribution in [2.24, 2.45) is 0 Å². The Hall–Kier alpha value is -0.890. The van der Waals surface area contributed by atoms with E-state index in [2.05, 4.69) is 36.0 Å². The predicted octanol–water partition coefficient (Wildman–Crippen LogP) is 2.87. The van der Waals surface area contributed by atoms with Crippen molar-refractivity contribution in [3.63, 3.8) is 0 Å². The summed E-state index contributed by atoms with van der Waals surface area (Å²) < 4.78 is 2.30. The van der Waals surface area contributed by atoms with Crippen LogP contribution < -0.4 is 4.57 Å². The highest BCUT2D eigenvalue weighted by Crippen LogP contribution is 2.03. The number of aromatic nitrogens is 1. The molecule has 0 aliphatic heterocycles. The standard InChI is InChI=1S/C15H26NO/c1-2-3-9-15-10-8-12-16(14-15)11-6-4-5-7-13-17/h8,10,12,14,17H,2-7,9,11,13H2,1H3/q+1. The number of aliphatic hydroxyl groups is 1. The van der Waals surface area contributed by atoms with Crippen LogP contribution in [0.25, 0.3) is 0 Å². The molecule has 0 fully saturated rings. The van der Waals surface area contributed by atoms with Gasteiger partial charge in [-0.15, -0.1) is 0 Å². The Morgan fingerprint density at radius 2 is 1.94 bits per heavy atom. The molecule has 17 heavy (non-hydrogen) atoms. The lowest BCUT2D eigenvalue weighted by Crippen LogP contribution is -2.33. The van der Waals surface area contributed by atoms with E-state index in [9.17, 15) is 0 Å². The van der Waals surface area contributed by atoms with Crippen molar-refractivity contribution < 1.29 is 9.67 Å². The first-order chi connectivity index (χ1) is 8.36. The molecule has 0 spiro atoms. The number of nitrogens with zero attached hydrogens (tertiary/aromatic N) is 1. The summed E-state index contributed by atoms with van der Waals surface area (Å²) in [6.07, 6.45) is 12.7. The SMILES string of the molecule is CCCCc1ccc[n+](CCCCCCO)c1. The van der Waals surface area contributed by atoms with Crippen molar-refractivity contribution >= 4 is 0 Å². The van der Waals surface area contributed by atoms with Crippen LogP contribution >= 0.6 is 0 Å². The Labute approximate surface area is 105 Å². The summed E-state index contributed by atoms with van der Waals surface area (Å²) in [6, 6.07) is 4.37. The summed E-state index contributed by atoms with van der Waals surface area (Å²) in [5.74, 6) is 0. The second kappa shape index (κ2) is 9.17. The Morgan fingerprint density at radius 1 is 1.12 bits per heavy atom. The molecule has 1 aromatic rings. The van der Waals surface area contributed by atoms with Crippen LogP contribution in [-0.4, -0.2) is 11.7 Å². The van der Waals surface area contributed by atoms with Crippen LogP contribution in [0.2, 0.25) is 0 Å². The van der Waals surface area contributed by atoms with Gasteiger partial charge in [-0.05, 0) is 31.7 Å². The van der Waals surface area contributed by atoms with Gasteiger partial charge in [0.1, 0.15) is 6.54 Å². The molecule has 0 saturated carbocycles. The number of pyridine rings is 1. The Bertz CT molecular complexity index is 299. The maximum absolute atomic E-state index is 8.70. The first-order valence-electron chi connectivity index (χ1n) is 6.95.